The van der Waals surface area contributed by atoms with Crippen LogP contribution in [-0.4, -0.2) is 39.9 Å². The quantitative estimate of drug-likeness (QED) is 0.863. The van der Waals surface area contributed by atoms with Crippen molar-refractivity contribution in [3.05, 3.63) is 11.8 Å². The van der Waals surface area contributed by atoms with E-state index in [2.05, 4.69) is 15.3 Å². The van der Waals surface area contributed by atoms with Gasteiger partial charge in [-0.1, -0.05) is 12.8 Å². The molecule has 2 aliphatic rings. The fourth-order valence-corrected chi connectivity index (χ4v) is 3.32. The Labute approximate surface area is 129 Å². The van der Waals surface area contributed by atoms with E-state index in [0.29, 0.717) is 25.0 Å². The maximum atomic E-state index is 12.1. The molecule has 1 aliphatic carbocycles. The number of nitrogens with zero attached hydrogens (tertiary/aromatic N) is 4. The van der Waals surface area contributed by atoms with Gasteiger partial charge in [-0.3, -0.25) is 4.79 Å². The van der Waals surface area contributed by atoms with Crippen LogP contribution in [-0.2, 0) is 4.79 Å². The smallest absolute Gasteiger partial charge is 0.224 e. The molecule has 0 radical (unpaired) electrons. The standard InChI is InChI=1S/C15H20N6O/c16-6-11-8-19-15(20-14(11)17)18-7-10-5-13(22)21(9-10)12-3-1-2-4-12/h8,10,12H,1-5,7,9H2,(H3,17,18,19,20)/t10-/m0/s1. The molecule has 1 aliphatic heterocycles. The molecule has 0 spiro atoms. The summed E-state index contributed by atoms with van der Waals surface area (Å²) in [5.74, 6) is 1.12. The van der Waals surface area contributed by atoms with Gasteiger partial charge >= 0.3 is 0 Å². The van der Waals surface area contributed by atoms with Crippen LogP contribution in [0.1, 0.15) is 37.7 Å². The number of rotatable bonds is 4. The maximum absolute atomic E-state index is 12.1. The number of anilines is 2. The zero-order valence-electron chi connectivity index (χ0n) is 12.5. The van der Waals surface area contributed by atoms with Crippen LogP contribution in [0.25, 0.3) is 0 Å². The first-order valence-electron chi connectivity index (χ1n) is 7.73. The number of nitriles is 1. The zero-order chi connectivity index (χ0) is 15.5. The highest BCUT2D eigenvalue weighted by Crippen LogP contribution is 2.29. The van der Waals surface area contributed by atoms with Crippen molar-refractivity contribution in [2.75, 3.05) is 24.1 Å². The fraction of sp³-hybridized carbons (Fsp3) is 0.600. The summed E-state index contributed by atoms with van der Waals surface area (Å²) in [7, 11) is 0. The van der Waals surface area contributed by atoms with Gasteiger partial charge < -0.3 is 16.0 Å². The predicted octanol–water partition coefficient (Wildman–Crippen LogP) is 1.13. The van der Waals surface area contributed by atoms with Gasteiger partial charge in [0.1, 0.15) is 17.5 Å². The molecule has 7 nitrogen and oxygen atoms in total. The summed E-state index contributed by atoms with van der Waals surface area (Å²) in [5, 5.41) is 11.9. The predicted molar refractivity (Wildman–Crippen MR) is 81.7 cm³/mol. The molecule has 2 fully saturated rings. The van der Waals surface area contributed by atoms with E-state index in [4.69, 9.17) is 11.0 Å². The first-order chi connectivity index (χ1) is 10.7. The Bertz CT molecular complexity index is 605. The van der Waals surface area contributed by atoms with Crippen LogP contribution in [0, 0.1) is 17.2 Å². The number of nitrogen functional groups attached to an aromatic ring is 1. The molecular formula is C15H20N6O. The van der Waals surface area contributed by atoms with E-state index in [0.717, 1.165) is 19.4 Å². The minimum atomic E-state index is 0.176. The van der Waals surface area contributed by atoms with E-state index in [-0.39, 0.29) is 23.2 Å². The molecule has 1 saturated heterocycles. The molecule has 1 amide bonds. The van der Waals surface area contributed by atoms with Crippen LogP contribution in [0.15, 0.2) is 6.20 Å². The lowest BCUT2D eigenvalue weighted by Gasteiger charge is -2.24. The molecule has 1 saturated carbocycles. The second-order valence-corrected chi connectivity index (χ2v) is 6.04. The Morgan fingerprint density at radius 2 is 2.23 bits per heavy atom. The molecule has 3 N–H and O–H groups in total. The van der Waals surface area contributed by atoms with Crippen molar-refractivity contribution < 1.29 is 4.79 Å². The summed E-state index contributed by atoms with van der Waals surface area (Å²) in [6, 6.07) is 2.38. The third-order valence-corrected chi connectivity index (χ3v) is 4.49. The molecule has 1 aromatic heterocycles. The number of nitrogens with two attached hydrogens (primary N) is 1. The third-order valence-electron chi connectivity index (χ3n) is 4.49. The highest BCUT2D eigenvalue weighted by atomic mass is 16.2. The van der Waals surface area contributed by atoms with Crippen molar-refractivity contribution >= 4 is 17.7 Å². The van der Waals surface area contributed by atoms with E-state index in [9.17, 15) is 4.79 Å². The van der Waals surface area contributed by atoms with Crippen molar-refractivity contribution in [2.45, 2.75) is 38.1 Å². The number of amides is 1. The average Bonchev–Trinajstić information content (AvgIpc) is 3.14. The summed E-state index contributed by atoms with van der Waals surface area (Å²) < 4.78 is 0. The third kappa shape index (κ3) is 2.96. The number of hydrogen-bond acceptors (Lipinski definition) is 6. The Kier molecular flexibility index (Phi) is 4.09. The van der Waals surface area contributed by atoms with Crippen LogP contribution in [0.5, 0.6) is 0 Å². The van der Waals surface area contributed by atoms with Crippen LogP contribution >= 0.6 is 0 Å². The van der Waals surface area contributed by atoms with Gasteiger partial charge in [-0.25, -0.2) is 4.98 Å². The van der Waals surface area contributed by atoms with Crippen molar-refractivity contribution in [1.82, 2.24) is 14.9 Å². The Hall–Kier alpha value is -2.36. The Morgan fingerprint density at radius 3 is 2.91 bits per heavy atom. The van der Waals surface area contributed by atoms with Gasteiger partial charge in [0.2, 0.25) is 11.9 Å². The van der Waals surface area contributed by atoms with Gasteiger partial charge in [-0.15, -0.1) is 0 Å². The van der Waals surface area contributed by atoms with Crippen molar-refractivity contribution in [3.63, 3.8) is 0 Å². The van der Waals surface area contributed by atoms with Crippen molar-refractivity contribution in [3.8, 4) is 6.07 Å². The monoisotopic (exact) mass is 300 g/mol. The molecular weight excluding hydrogens is 280 g/mol. The number of aromatic nitrogens is 2. The molecule has 7 heteroatoms. The highest BCUT2D eigenvalue weighted by molar-refractivity contribution is 5.79. The number of carbonyl (C=O) groups excluding carboxylic acids is 1. The molecule has 22 heavy (non-hydrogen) atoms. The summed E-state index contributed by atoms with van der Waals surface area (Å²) in [6.07, 6.45) is 6.73. The van der Waals surface area contributed by atoms with Gasteiger partial charge in [-0.2, -0.15) is 10.2 Å². The van der Waals surface area contributed by atoms with Gasteiger partial charge in [0.25, 0.3) is 0 Å². The number of nitrogens with one attached hydrogen (secondary N) is 1. The van der Waals surface area contributed by atoms with Crippen LogP contribution in [0.2, 0.25) is 0 Å². The van der Waals surface area contributed by atoms with Gasteiger partial charge in [0, 0.05) is 31.5 Å². The van der Waals surface area contributed by atoms with Crippen molar-refractivity contribution in [2.24, 2.45) is 5.92 Å². The number of likely N-dealkylation sites (tertiary alicyclic amines) is 1. The van der Waals surface area contributed by atoms with E-state index in [1.807, 2.05) is 11.0 Å². The molecule has 0 bridgehead atoms. The summed E-state index contributed by atoms with van der Waals surface area (Å²) in [6.45, 7) is 1.45. The topological polar surface area (TPSA) is 108 Å². The lowest BCUT2D eigenvalue weighted by atomic mass is 10.1. The normalized spacial score (nSPS) is 22.0. The molecule has 116 valence electrons. The van der Waals surface area contributed by atoms with E-state index in [1.165, 1.54) is 19.0 Å². The number of carbonyl (C=O) groups is 1. The molecule has 3 rings (SSSR count). The van der Waals surface area contributed by atoms with Crippen LogP contribution in [0.3, 0.4) is 0 Å². The second kappa shape index (κ2) is 6.18. The lowest BCUT2D eigenvalue weighted by Crippen LogP contribution is -2.34. The van der Waals surface area contributed by atoms with Crippen molar-refractivity contribution in [1.29, 1.82) is 5.26 Å². The highest BCUT2D eigenvalue weighted by Gasteiger charge is 2.35. The minimum absolute atomic E-state index is 0.176. The fourth-order valence-electron chi connectivity index (χ4n) is 3.32. The van der Waals surface area contributed by atoms with Gasteiger partial charge in [0.15, 0.2) is 0 Å². The first kappa shape index (κ1) is 14.6. The molecule has 0 aromatic carbocycles. The largest absolute Gasteiger partial charge is 0.382 e. The molecule has 1 atom stereocenters. The SMILES string of the molecule is N#Cc1cnc(NC[C@@H]2CC(=O)N(C3CCCC3)C2)nc1N. The Balaban J connectivity index is 1.55. The average molecular weight is 300 g/mol. The van der Waals surface area contributed by atoms with E-state index >= 15 is 0 Å². The molecule has 0 unspecified atom stereocenters. The van der Waals surface area contributed by atoms with E-state index < -0.39 is 0 Å². The summed E-state index contributed by atoms with van der Waals surface area (Å²) in [5.41, 5.74) is 5.94. The van der Waals surface area contributed by atoms with Gasteiger partial charge in [0.05, 0.1) is 6.20 Å². The maximum Gasteiger partial charge on any atom is 0.224 e. The lowest BCUT2D eigenvalue weighted by molar-refractivity contribution is -0.129. The minimum Gasteiger partial charge on any atom is -0.382 e. The first-order valence-corrected chi connectivity index (χ1v) is 7.73. The summed E-state index contributed by atoms with van der Waals surface area (Å²) >= 11 is 0. The van der Waals surface area contributed by atoms with Crippen LogP contribution in [0.4, 0.5) is 11.8 Å². The van der Waals surface area contributed by atoms with Gasteiger partial charge in [-0.05, 0) is 12.8 Å². The van der Waals surface area contributed by atoms with E-state index in [1.54, 1.807) is 0 Å². The zero-order valence-corrected chi connectivity index (χ0v) is 12.5. The molecule has 1 aromatic rings. The Morgan fingerprint density at radius 1 is 1.45 bits per heavy atom. The molecule has 2 heterocycles. The second-order valence-electron chi connectivity index (χ2n) is 6.04. The number of hydrogen-bond donors (Lipinski definition) is 2. The summed E-state index contributed by atoms with van der Waals surface area (Å²) in [4.78, 5) is 22.3. The van der Waals surface area contributed by atoms with Crippen LogP contribution < -0.4 is 11.1 Å².